The number of likely N-dealkylation sites (N-methyl/N-ethyl adjacent to an activating group) is 2. The molecule has 0 heterocycles. The summed E-state index contributed by atoms with van der Waals surface area (Å²) in [6.07, 6.45) is 7.12. The molecule has 2 rings (SSSR count). The van der Waals surface area contributed by atoms with Crippen LogP contribution in [0.3, 0.4) is 0 Å². The van der Waals surface area contributed by atoms with E-state index in [4.69, 9.17) is 0 Å². The maximum Gasteiger partial charge on any atom is 0.0251 e. The molecule has 2 saturated carbocycles. The molecule has 0 bridgehead atoms. The lowest BCUT2D eigenvalue weighted by Crippen LogP contribution is -2.52. The zero-order valence-electron chi connectivity index (χ0n) is 11.2. The molecular formula is C14H28N2. The molecule has 0 aromatic carbocycles. The van der Waals surface area contributed by atoms with E-state index in [2.05, 4.69) is 31.1 Å². The van der Waals surface area contributed by atoms with Crippen LogP contribution in [-0.2, 0) is 0 Å². The summed E-state index contributed by atoms with van der Waals surface area (Å²) in [6, 6.07) is 1.52. The van der Waals surface area contributed by atoms with Gasteiger partial charge in [-0.2, -0.15) is 0 Å². The molecule has 16 heavy (non-hydrogen) atoms. The minimum Gasteiger partial charge on any atom is -0.315 e. The molecule has 2 fully saturated rings. The molecule has 0 spiro atoms. The van der Waals surface area contributed by atoms with Gasteiger partial charge in [0.25, 0.3) is 0 Å². The zero-order chi connectivity index (χ0) is 11.5. The van der Waals surface area contributed by atoms with Gasteiger partial charge < -0.3 is 5.32 Å². The van der Waals surface area contributed by atoms with Gasteiger partial charge in [-0.1, -0.05) is 13.8 Å². The Hall–Kier alpha value is -0.0800. The van der Waals surface area contributed by atoms with E-state index in [0.29, 0.717) is 0 Å². The van der Waals surface area contributed by atoms with E-state index in [1.165, 1.54) is 45.2 Å². The van der Waals surface area contributed by atoms with Crippen molar-refractivity contribution in [2.75, 3.05) is 20.1 Å². The number of hydrogen-bond donors (Lipinski definition) is 1. The van der Waals surface area contributed by atoms with Gasteiger partial charge in [0.1, 0.15) is 0 Å². The topological polar surface area (TPSA) is 15.3 Å². The van der Waals surface area contributed by atoms with E-state index >= 15 is 0 Å². The van der Waals surface area contributed by atoms with Gasteiger partial charge in [-0.15, -0.1) is 0 Å². The van der Waals surface area contributed by atoms with Crippen molar-refractivity contribution in [2.45, 2.75) is 58.0 Å². The molecule has 2 heteroatoms. The van der Waals surface area contributed by atoms with Crippen LogP contribution in [0.25, 0.3) is 0 Å². The average molecular weight is 224 g/mol. The first-order valence-electron chi connectivity index (χ1n) is 7.15. The lowest BCUT2D eigenvalue weighted by atomic mass is 9.82. The molecule has 0 aromatic heterocycles. The molecule has 3 atom stereocenters. The lowest BCUT2D eigenvalue weighted by molar-refractivity contribution is 0.104. The summed E-state index contributed by atoms with van der Waals surface area (Å²) in [7, 11) is 2.14. The van der Waals surface area contributed by atoms with Gasteiger partial charge >= 0.3 is 0 Å². The molecule has 0 saturated heterocycles. The summed E-state index contributed by atoms with van der Waals surface area (Å²) < 4.78 is 0. The van der Waals surface area contributed by atoms with Gasteiger partial charge in [0.15, 0.2) is 0 Å². The second-order valence-corrected chi connectivity index (χ2v) is 5.91. The van der Waals surface area contributed by atoms with E-state index in [9.17, 15) is 0 Å². The number of nitrogens with zero attached hydrogens (tertiary/aromatic N) is 1. The van der Waals surface area contributed by atoms with Crippen molar-refractivity contribution < 1.29 is 0 Å². The summed E-state index contributed by atoms with van der Waals surface area (Å²) in [5.41, 5.74) is 0. The fourth-order valence-corrected chi connectivity index (χ4v) is 3.22. The fraction of sp³-hybridized carbons (Fsp3) is 1.00. The monoisotopic (exact) mass is 224 g/mol. The molecule has 0 aromatic rings. The first kappa shape index (κ1) is 12.4. The molecule has 3 unspecified atom stereocenters. The number of nitrogens with one attached hydrogen (secondary N) is 1. The van der Waals surface area contributed by atoms with Crippen LogP contribution in [0.5, 0.6) is 0 Å². The molecule has 1 N–H and O–H groups in total. The van der Waals surface area contributed by atoms with Gasteiger partial charge in [0.2, 0.25) is 0 Å². The first-order chi connectivity index (χ1) is 7.74. The largest absolute Gasteiger partial charge is 0.315 e. The summed E-state index contributed by atoms with van der Waals surface area (Å²) in [6.45, 7) is 7.33. The quantitative estimate of drug-likeness (QED) is 0.772. The van der Waals surface area contributed by atoms with Crippen LogP contribution in [0.2, 0.25) is 0 Å². The van der Waals surface area contributed by atoms with Gasteiger partial charge in [-0.05, 0) is 57.5 Å². The van der Waals surface area contributed by atoms with Crippen LogP contribution in [0.4, 0.5) is 0 Å². The van der Waals surface area contributed by atoms with Crippen molar-refractivity contribution in [1.82, 2.24) is 10.2 Å². The third kappa shape index (κ3) is 2.98. The summed E-state index contributed by atoms with van der Waals surface area (Å²) in [5.74, 6) is 1.94. The molecule has 0 amide bonds. The van der Waals surface area contributed by atoms with Crippen molar-refractivity contribution in [2.24, 2.45) is 11.8 Å². The fourth-order valence-electron chi connectivity index (χ4n) is 3.22. The Kier molecular flexibility index (Phi) is 4.26. The molecular weight excluding hydrogens is 196 g/mol. The predicted octanol–water partition coefficient (Wildman–Crippen LogP) is 2.49. The summed E-state index contributed by atoms with van der Waals surface area (Å²) in [5, 5.41) is 3.54. The Morgan fingerprint density at radius 1 is 1.19 bits per heavy atom. The highest BCUT2D eigenvalue weighted by Gasteiger charge is 2.34. The average Bonchev–Trinajstić information content (AvgIpc) is 3.09. The highest BCUT2D eigenvalue weighted by atomic mass is 15.2. The Balaban J connectivity index is 1.94. The maximum absolute atomic E-state index is 3.54. The molecule has 0 radical (unpaired) electrons. The van der Waals surface area contributed by atoms with Gasteiger partial charge in [0.05, 0.1) is 0 Å². The Labute approximate surface area is 101 Å². The Bertz CT molecular complexity index is 213. The van der Waals surface area contributed by atoms with Crippen molar-refractivity contribution in [1.29, 1.82) is 0 Å². The van der Waals surface area contributed by atoms with Crippen molar-refractivity contribution in [3.8, 4) is 0 Å². The van der Waals surface area contributed by atoms with Crippen molar-refractivity contribution in [3.05, 3.63) is 0 Å². The Morgan fingerprint density at radius 2 is 1.94 bits per heavy atom. The summed E-state index contributed by atoms with van der Waals surface area (Å²) in [4.78, 5) is 2.74. The molecule has 2 nitrogen and oxygen atoms in total. The van der Waals surface area contributed by atoms with Gasteiger partial charge in [0, 0.05) is 18.6 Å². The van der Waals surface area contributed by atoms with E-state index in [1.807, 2.05) is 0 Å². The number of rotatable bonds is 5. The molecule has 0 aliphatic heterocycles. The van der Waals surface area contributed by atoms with Crippen LogP contribution in [-0.4, -0.2) is 37.1 Å². The van der Waals surface area contributed by atoms with Crippen LogP contribution in [0.15, 0.2) is 0 Å². The van der Waals surface area contributed by atoms with Gasteiger partial charge in [-0.3, -0.25) is 4.90 Å². The maximum atomic E-state index is 3.54. The van der Waals surface area contributed by atoms with E-state index in [0.717, 1.165) is 23.9 Å². The van der Waals surface area contributed by atoms with Crippen LogP contribution < -0.4 is 5.32 Å². The van der Waals surface area contributed by atoms with Crippen LogP contribution in [0.1, 0.15) is 46.0 Å². The Morgan fingerprint density at radius 3 is 2.50 bits per heavy atom. The SMILES string of the molecule is CCN(CC1CC1)C1CC(C)CCC1NC. The zero-order valence-corrected chi connectivity index (χ0v) is 11.2. The highest BCUT2D eigenvalue weighted by Crippen LogP contribution is 2.33. The van der Waals surface area contributed by atoms with Crippen LogP contribution in [0, 0.1) is 11.8 Å². The minimum atomic E-state index is 0.731. The van der Waals surface area contributed by atoms with E-state index in [1.54, 1.807) is 0 Å². The molecule has 2 aliphatic carbocycles. The summed E-state index contributed by atoms with van der Waals surface area (Å²) >= 11 is 0. The molecule has 94 valence electrons. The van der Waals surface area contributed by atoms with E-state index < -0.39 is 0 Å². The third-order valence-electron chi connectivity index (χ3n) is 4.51. The lowest BCUT2D eigenvalue weighted by Gasteiger charge is -2.42. The first-order valence-corrected chi connectivity index (χ1v) is 7.15. The predicted molar refractivity (Wildman–Crippen MR) is 69.6 cm³/mol. The van der Waals surface area contributed by atoms with E-state index in [-0.39, 0.29) is 0 Å². The second-order valence-electron chi connectivity index (χ2n) is 5.91. The second kappa shape index (κ2) is 5.50. The minimum absolute atomic E-state index is 0.731. The van der Waals surface area contributed by atoms with Crippen LogP contribution >= 0.6 is 0 Å². The van der Waals surface area contributed by atoms with Crippen molar-refractivity contribution in [3.63, 3.8) is 0 Å². The molecule has 2 aliphatic rings. The van der Waals surface area contributed by atoms with Gasteiger partial charge in [-0.25, -0.2) is 0 Å². The highest BCUT2D eigenvalue weighted by molar-refractivity contribution is 4.91. The van der Waals surface area contributed by atoms with Crippen molar-refractivity contribution >= 4 is 0 Å². The third-order valence-corrected chi connectivity index (χ3v) is 4.51. The normalized spacial score (nSPS) is 35.6. The number of hydrogen-bond acceptors (Lipinski definition) is 2. The smallest absolute Gasteiger partial charge is 0.0251 e. The standard InChI is InChI=1S/C14H28N2/c1-4-16(10-12-6-7-12)14-9-11(2)5-8-13(14)15-3/h11-15H,4-10H2,1-3H3.